The molecule has 0 aliphatic carbocycles. The molecule has 7 heteroatoms. The minimum Gasteiger partial charge on any atom is -0.329 e. The third-order valence-electron chi connectivity index (χ3n) is 2.41. The van der Waals surface area contributed by atoms with Gasteiger partial charge in [0.05, 0.1) is 18.1 Å². The van der Waals surface area contributed by atoms with E-state index in [0.29, 0.717) is 6.42 Å². The fourth-order valence-electron chi connectivity index (χ4n) is 1.58. The van der Waals surface area contributed by atoms with Crippen molar-refractivity contribution in [2.24, 2.45) is 5.73 Å². The van der Waals surface area contributed by atoms with Crippen LogP contribution in [0.3, 0.4) is 0 Å². The minimum absolute atomic E-state index is 0.0282. The minimum atomic E-state index is -3.10. The van der Waals surface area contributed by atoms with E-state index in [1.54, 1.807) is 0 Å². The van der Waals surface area contributed by atoms with Crippen LogP contribution in [0.25, 0.3) is 0 Å². The summed E-state index contributed by atoms with van der Waals surface area (Å²) in [5.74, 6) is -0.107. The van der Waals surface area contributed by atoms with Gasteiger partial charge in [-0.2, -0.15) is 0 Å². The molecule has 14 heavy (non-hydrogen) atoms. The van der Waals surface area contributed by atoms with Crippen LogP contribution < -0.4 is 11.1 Å². The monoisotopic (exact) mass is 228 g/mol. The van der Waals surface area contributed by atoms with Gasteiger partial charge in [-0.05, 0) is 6.42 Å². The zero-order valence-corrected chi connectivity index (χ0v) is 8.49. The van der Waals surface area contributed by atoms with E-state index in [0.717, 1.165) is 0 Å². The Bertz CT molecular complexity index is 294. The lowest BCUT2D eigenvalue weighted by Gasteiger charge is -2.27. The molecule has 1 aliphatic rings. The van der Waals surface area contributed by atoms with Crippen molar-refractivity contribution in [3.05, 3.63) is 0 Å². The molecule has 1 saturated heterocycles. The van der Waals surface area contributed by atoms with Crippen LogP contribution >= 0.6 is 0 Å². The summed E-state index contributed by atoms with van der Waals surface area (Å²) in [6.45, 7) is -0.439. The van der Waals surface area contributed by atoms with Gasteiger partial charge in [-0.1, -0.05) is 0 Å². The molecule has 4 nitrogen and oxygen atoms in total. The van der Waals surface area contributed by atoms with E-state index >= 15 is 0 Å². The zero-order chi connectivity index (χ0) is 10.8. The second-order valence-corrected chi connectivity index (χ2v) is 5.78. The summed E-state index contributed by atoms with van der Waals surface area (Å²) in [5.41, 5.74) is 4.57. The molecule has 0 spiro atoms. The van der Waals surface area contributed by atoms with Crippen LogP contribution in [0.5, 0.6) is 0 Å². The van der Waals surface area contributed by atoms with Crippen LogP contribution in [0, 0.1) is 0 Å². The molecule has 1 rings (SSSR count). The first-order valence-electron chi connectivity index (χ1n) is 4.33. The highest BCUT2D eigenvalue weighted by Gasteiger charge is 2.41. The Morgan fingerprint density at radius 3 is 2.50 bits per heavy atom. The van der Waals surface area contributed by atoms with Gasteiger partial charge < -0.3 is 11.1 Å². The maximum absolute atomic E-state index is 11.9. The Balaban J connectivity index is 2.61. The molecule has 3 N–H and O–H groups in total. The highest BCUT2D eigenvalue weighted by molar-refractivity contribution is 7.91. The molecule has 84 valence electrons. The van der Waals surface area contributed by atoms with Gasteiger partial charge in [-0.25, -0.2) is 17.2 Å². The van der Waals surface area contributed by atoms with Crippen molar-refractivity contribution in [1.29, 1.82) is 0 Å². The number of halogens is 2. The van der Waals surface area contributed by atoms with Crippen molar-refractivity contribution in [2.75, 3.05) is 24.6 Å². The van der Waals surface area contributed by atoms with Crippen molar-refractivity contribution >= 4 is 9.84 Å². The molecule has 0 saturated carbocycles. The molecule has 0 radical (unpaired) electrons. The smallest absolute Gasteiger partial charge is 0.250 e. The predicted molar refractivity (Wildman–Crippen MR) is 49.1 cm³/mol. The van der Waals surface area contributed by atoms with E-state index in [4.69, 9.17) is 5.73 Å². The molecule has 0 aromatic rings. The van der Waals surface area contributed by atoms with Crippen LogP contribution in [0.15, 0.2) is 0 Å². The Hall–Kier alpha value is -0.270. The van der Waals surface area contributed by atoms with Gasteiger partial charge in [0.2, 0.25) is 0 Å². The van der Waals surface area contributed by atoms with Gasteiger partial charge in [-0.3, -0.25) is 0 Å². The highest BCUT2D eigenvalue weighted by Crippen LogP contribution is 2.22. The summed E-state index contributed by atoms with van der Waals surface area (Å²) in [4.78, 5) is 0. The average Bonchev–Trinajstić information content (AvgIpc) is 2.40. The predicted octanol–water partition coefficient (Wildman–Crippen LogP) is -0.643. The molecule has 1 heterocycles. The number of hydrogen-bond donors (Lipinski definition) is 2. The number of sulfone groups is 1. The summed E-state index contributed by atoms with van der Waals surface area (Å²) < 4.78 is 46.2. The molecular weight excluding hydrogens is 214 g/mol. The molecule has 1 aliphatic heterocycles. The summed E-state index contributed by atoms with van der Waals surface area (Å²) in [6, 6.07) is 0. The molecule has 0 aromatic carbocycles. The lowest BCUT2D eigenvalue weighted by molar-refractivity contribution is 0.132. The lowest BCUT2D eigenvalue weighted by atomic mass is 9.99. The largest absolute Gasteiger partial charge is 0.329 e. The van der Waals surface area contributed by atoms with E-state index < -0.39 is 28.3 Å². The quantitative estimate of drug-likeness (QED) is 0.671. The average molecular weight is 228 g/mol. The molecule has 1 fully saturated rings. The van der Waals surface area contributed by atoms with E-state index in [9.17, 15) is 17.2 Å². The van der Waals surface area contributed by atoms with Gasteiger partial charge >= 0.3 is 0 Å². The summed E-state index contributed by atoms with van der Waals surface area (Å²) in [7, 11) is -3.10. The Morgan fingerprint density at radius 1 is 1.50 bits per heavy atom. The molecule has 1 unspecified atom stereocenters. The second-order valence-electron chi connectivity index (χ2n) is 3.60. The maximum Gasteiger partial charge on any atom is 0.250 e. The van der Waals surface area contributed by atoms with Crippen molar-refractivity contribution in [3.8, 4) is 0 Å². The van der Waals surface area contributed by atoms with Crippen LogP contribution in [0.2, 0.25) is 0 Å². The topological polar surface area (TPSA) is 72.2 Å². The molecule has 0 amide bonds. The maximum atomic E-state index is 11.9. The number of hydrogen-bond acceptors (Lipinski definition) is 4. The number of rotatable bonds is 4. The number of nitrogens with one attached hydrogen (secondary N) is 1. The van der Waals surface area contributed by atoms with Crippen molar-refractivity contribution in [1.82, 2.24) is 5.32 Å². The first-order valence-corrected chi connectivity index (χ1v) is 6.15. The first kappa shape index (κ1) is 11.8. The second kappa shape index (κ2) is 4.08. The van der Waals surface area contributed by atoms with Gasteiger partial charge in [0.15, 0.2) is 9.84 Å². The van der Waals surface area contributed by atoms with Crippen LogP contribution in [0.1, 0.15) is 6.42 Å². The molecule has 0 bridgehead atoms. The summed E-state index contributed by atoms with van der Waals surface area (Å²) in [6.07, 6.45) is -2.17. The van der Waals surface area contributed by atoms with E-state index in [1.807, 2.05) is 0 Å². The summed E-state index contributed by atoms with van der Waals surface area (Å²) >= 11 is 0. The van der Waals surface area contributed by atoms with Crippen molar-refractivity contribution < 1.29 is 17.2 Å². The standard InChI is InChI=1S/C7H14F2N2O2S/c8-6(9)3-11-7(4-10)1-2-14(12,13)5-7/h6,11H,1-5,10H2. The fraction of sp³-hybridized carbons (Fsp3) is 1.00. The highest BCUT2D eigenvalue weighted by atomic mass is 32.2. The zero-order valence-electron chi connectivity index (χ0n) is 7.67. The van der Waals surface area contributed by atoms with Crippen molar-refractivity contribution in [3.63, 3.8) is 0 Å². The van der Waals surface area contributed by atoms with Gasteiger partial charge in [0, 0.05) is 12.1 Å². The van der Waals surface area contributed by atoms with Crippen LogP contribution in [-0.2, 0) is 9.84 Å². The Labute approximate surface area is 81.8 Å². The molecular formula is C7H14F2N2O2S. The van der Waals surface area contributed by atoms with Crippen LogP contribution in [-0.4, -0.2) is 45.0 Å². The van der Waals surface area contributed by atoms with Crippen molar-refractivity contribution in [2.45, 2.75) is 18.4 Å². The summed E-state index contributed by atoms with van der Waals surface area (Å²) in [5, 5.41) is 2.55. The van der Waals surface area contributed by atoms with E-state index in [1.165, 1.54) is 0 Å². The molecule has 1 atom stereocenters. The lowest BCUT2D eigenvalue weighted by Crippen LogP contribution is -2.53. The van der Waals surface area contributed by atoms with Gasteiger partial charge in [0.25, 0.3) is 6.43 Å². The Kier molecular flexibility index (Phi) is 3.44. The Morgan fingerprint density at radius 2 is 2.14 bits per heavy atom. The third-order valence-corrected chi connectivity index (χ3v) is 4.23. The first-order chi connectivity index (χ1) is 6.39. The number of alkyl halides is 2. The molecule has 0 aromatic heterocycles. The SMILES string of the molecule is NCC1(NCC(F)F)CCS(=O)(=O)C1. The van der Waals surface area contributed by atoms with Gasteiger partial charge in [-0.15, -0.1) is 0 Å². The third kappa shape index (κ3) is 2.86. The van der Waals surface area contributed by atoms with E-state index in [-0.39, 0.29) is 18.1 Å². The fourth-order valence-corrected chi connectivity index (χ4v) is 3.63. The van der Waals surface area contributed by atoms with Crippen LogP contribution in [0.4, 0.5) is 8.78 Å². The van der Waals surface area contributed by atoms with Gasteiger partial charge in [0.1, 0.15) is 0 Å². The van der Waals surface area contributed by atoms with E-state index in [2.05, 4.69) is 5.32 Å². The normalized spacial score (nSPS) is 31.1. The number of nitrogens with two attached hydrogens (primary N) is 1.